The molecule has 1 heterocycles. The summed E-state index contributed by atoms with van der Waals surface area (Å²) in [7, 11) is -3.52. The molecule has 2 aromatic carbocycles. The lowest BCUT2D eigenvalue weighted by Gasteiger charge is -2.30. The van der Waals surface area contributed by atoms with Gasteiger partial charge < -0.3 is 5.32 Å². The Bertz CT molecular complexity index is 940. The van der Waals surface area contributed by atoms with Crippen LogP contribution in [0.2, 0.25) is 5.02 Å². The van der Waals surface area contributed by atoms with Crippen LogP contribution in [0.3, 0.4) is 0 Å². The van der Waals surface area contributed by atoms with Gasteiger partial charge in [0.25, 0.3) is 0 Å². The molecule has 5 nitrogen and oxygen atoms in total. The Morgan fingerprint density at radius 3 is 2.37 bits per heavy atom. The first kappa shape index (κ1) is 20.3. The van der Waals surface area contributed by atoms with E-state index in [1.165, 1.54) is 4.31 Å². The molecule has 0 aliphatic carbocycles. The maximum atomic E-state index is 12.7. The predicted octanol–water partition coefficient (Wildman–Crippen LogP) is 4.45. The minimum Gasteiger partial charge on any atom is -0.325 e. The van der Waals surface area contributed by atoms with E-state index in [2.05, 4.69) is 21.2 Å². The van der Waals surface area contributed by atoms with Crippen molar-refractivity contribution in [3.63, 3.8) is 0 Å². The molecular weight excluding hydrogens is 452 g/mol. The lowest BCUT2D eigenvalue weighted by Crippen LogP contribution is -2.41. The molecule has 1 aliphatic heterocycles. The second kappa shape index (κ2) is 8.31. The van der Waals surface area contributed by atoms with Crippen LogP contribution in [0.1, 0.15) is 18.4 Å². The second-order valence-corrected chi connectivity index (χ2v) is 9.87. The highest BCUT2D eigenvalue weighted by molar-refractivity contribution is 9.10. The maximum Gasteiger partial charge on any atom is 0.243 e. The largest absolute Gasteiger partial charge is 0.325 e. The highest BCUT2D eigenvalue weighted by atomic mass is 79.9. The Labute approximate surface area is 172 Å². The maximum absolute atomic E-state index is 12.7. The van der Waals surface area contributed by atoms with Crippen molar-refractivity contribution in [2.75, 3.05) is 18.4 Å². The molecule has 0 unspecified atom stereocenters. The minimum absolute atomic E-state index is 0.133. The number of carbonyl (C=O) groups excluding carboxylic acids is 1. The summed E-state index contributed by atoms with van der Waals surface area (Å²) >= 11 is 9.47. The molecule has 0 bridgehead atoms. The Balaban J connectivity index is 1.62. The average molecular weight is 472 g/mol. The van der Waals surface area contributed by atoms with E-state index in [9.17, 15) is 13.2 Å². The van der Waals surface area contributed by atoms with E-state index in [4.69, 9.17) is 11.6 Å². The van der Waals surface area contributed by atoms with Crippen LogP contribution in [0.15, 0.2) is 51.8 Å². The average Bonchev–Trinajstić information content (AvgIpc) is 2.64. The predicted molar refractivity (Wildman–Crippen MR) is 110 cm³/mol. The van der Waals surface area contributed by atoms with Crippen LogP contribution in [0.4, 0.5) is 5.69 Å². The molecule has 1 N–H and O–H groups in total. The van der Waals surface area contributed by atoms with Crippen molar-refractivity contribution < 1.29 is 13.2 Å². The van der Waals surface area contributed by atoms with Crippen molar-refractivity contribution in [3.8, 4) is 0 Å². The number of hydrogen-bond acceptors (Lipinski definition) is 3. The molecule has 27 heavy (non-hydrogen) atoms. The van der Waals surface area contributed by atoms with Crippen LogP contribution in [0.25, 0.3) is 0 Å². The zero-order chi connectivity index (χ0) is 19.6. The van der Waals surface area contributed by atoms with Gasteiger partial charge >= 0.3 is 0 Å². The molecule has 144 valence electrons. The number of aryl methyl sites for hydroxylation is 1. The van der Waals surface area contributed by atoms with Gasteiger partial charge in [-0.15, -0.1) is 0 Å². The van der Waals surface area contributed by atoms with Crippen molar-refractivity contribution in [3.05, 3.63) is 57.5 Å². The first-order valence-corrected chi connectivity index (χ1v) is 11.2. The first-order chi connectivity index (χ1) is 12.8. The monoisotopic (exact) mass is 470 g/mol. The number of benzene rings is 2. The van der Waals surface area contributed by atoms with Gasteiger partial charge in [-0.25, -0.2) is 8.42 Å². The van der Waals surface area contributed by atoms with E-state index in [0.29, 0.717) is 36.6 Å². The molecule has 0 saturated carbocycles. The summed E-state index contributed by atoms with van der Waals surface area (Å²) in [6.07, 6.45) is 0.955. The van der Waals surface area contributed by atoms with Gasteiger partial charge in [-0.2, -0.15) is 4.31 Å². The normalized spacial score (nSPS) is 16.3. The van der Waals surface area contributed by atoms with Gasteiger partial charge in [0, 0.05) is 23.5 Å². The highest BCUT2D eigenvalue weighted by Gasteiger charge is 2.32. The van der Waals surface area contributed by atoms with Gasteiger partial charge in [0.15, 0.2) is 0 Å². The van der Waals surface area contributed by atoms with Crippen LogP contribution in [0, 0.1) is 12.8 Å². The Morgan fingerprint density at radius 2 is 1.78 bits per heavy atom. The Morgan fingerprint density at radius 1 is 1.15 bits per heavy atom. The summed E-state index contributed by atoms with van der Waals surface area (Å²) in [4.78, 5) is 12.8. The number of nitrogens with zero attached hydrogens (tertiary/aromatic N) is 1. The molecule has 1 fully saturated rings. The zero-order valence-corrected chi connectivity index (χ0v) is 17.9. The number of amides is 1. The minimum atomic E-state index is -3.52. The third kappa shape index (κ3) is 4.71. The van der Waals surface area contributed by atoms with Gasteiger partial charge in [-0.1, -0.05) is 45.2 Å². The Hall–Kier alpha value is -1.41. The smallest absolute Gasteiger partial charge is 0.243 e. The number of sulfonamides is 1. The summed E-state index contributed by atoms with van der Waals surface area (Å²) in [5.41, 5.74) is 1.57. The van der Waals surface area contributed by atoms with Crippen LogP contribution >= 0.6 is 27.5 Å². The molecule has 3 rings (SSSR count). The molecule has 2 aromatic rings. The number of rotatable bonds is 4. The number of hydrogen-bond donors (Lipinski definition) is 1. The fraction of sp³-hybridized carbons (Fsp3) is 0.316. The summed E-state index contributed by atoms with van der Waals surface area (Å²) in [6.45, 7) is 2.56. The number of halogens is 2. The summed E-state index contributed by atoms with van der Waals surface area (Å²) < 4.78 is 27.8. The SMILES string of the molecule is Cc1ccc(S(=O)(=O)N2CCC(C(=O)Nc3ccc(Br)cc3Cl)CC2)cc1. The summed E-state index contributed by atoms with van der Waals surface area (Å²) in [5, 5.41) is 3.29. The molecular formula is C19H20BrClN2O3S. The topological polar surface area (TPSA) is 66.5 Å². The van der Waals surface area contributed by atoms with Crippen LogP contribution in [-0.4, -0.2) is 31.7 Å². The molecule has 0 atom stereocenters. The third-order valence-corrected chi connectivity index (χ3v) is 7.39. The summed E-state index contributed by atoms with van der Waals surface area (Å²) in [6, 6.07) is 12.1. The standard InChI is InChI=1S/C19H20BrClN2O3S/c1-13-2-5-16(6-3-13)27(25,26)23-10-8-14(9-11-23)19(24)22-18-7-4-15(20)12-17(18)21/h2-7,12,14H,8-11H2,1H3,(H,22,24). The summed E-state index contributed by atoms with van der Waals surface area (Å²) in [5.74, 6) is -0.374. The number of nitrogens with one attached hydrogen (secondary N) is 1. The van der Waals surface area contributed by atoms with Gasteiger partial charge in [-0.05, 0) is 50.1 Å². The molecule has 1 aliphatic rings. The van der Waals surface area contributed by atoms with E-state index in [1.807, 2.05) is 6.92 Å². The van der Waals surface area contributed by atoms with Gasteiger partial charge in [0.1, 0.15) is 0 Å². The van der Waals surface area contributed by atoms with E-state index < -0.39 is 10.0 Å². The van der Waals surface area contributed by atoms with Gasteiger partial charge in [0.05, 0.1) is 15.6 Å². The second-order valence-electron chi connectivity index (χ2n) is 6.60. The van der Waals surface area contributed by atoms with E-state index in [-0.39, 0.29) is 16.7 Å². The van der Waals surface area contributed by atoms with E-state index in [0.717, 1.165) is 10.0 Å². The van der Waals surface area contributed by atoms with E-state index >= 15 is 0 Å². The molecule has 0 spiro atoms. The van der Waals surface area contributed by atoms with E-state index in [1.54, 1.807) is 42.5 Å². The van der Waals surface area contributed by atoms with Gasteiger partial charge in [0.2, 0.25) is 15.9 Å². The molecule has 8 heteroatoms. The van der Waals surface area contributed by atoms with Crippen LogP contribution in [-0.2, 0) is 14.8 Å². The lowest BCUT2D eigenvalue weighted by molar-refractivity contribution is -0.120. The van der Waals surface area contributed by atoms with Crippen molar-refractivity contribution in [1.82, 2.24) is 4.31 Å². The van der Waals surface area contributed by atoms with Crippen molar-refractivity contribution in [1.29, 1.82) is 0 Å². The third-order valence-electron chi connectivity index (χ3n) is 4.67. The van der Waals surface area contributed by atoms with Crippen LogP contribution in [0.5, 0.6) is 0 Å². The highest BCUT2D eigenvalue weighted by Crippen LogP contribution is 2.28. The van der Waals surface area contributed by atoms with Crippen molar-refractivity contribution in [2.45, 2.75) is 24.7 Å². The number of piperidine rings is 1. The fourth-order valence-electron chi connectivity index (χ4n) is 3.04. The molecule has 0 aromatic heterocycles. The number of carbonyl (C=O) groups is 1. The molecule has 1 saturated heterocycles. The van der Waals surface area contributed by atoms with Crippen molar-refractivity contribution in [2.24, 2.45) is 5.92 Å². The van der Waals surface area contributed by atoms with Crippen molar-refractivity contribution >= 4 is 49.1 Å². The molecule has 0 radical (unpaired) electrons. The Kier molecular flexibility index (Phi) is 6.25. The quantitative estimate of drug-likeness (QED) is 0.716. The van der Waals surface area contributed by atoms with Gasteiger partial charge in [-0.3, -0.25) is 4.79 Å². The lowest BCUT2D eigenvalue weighted by atomic mass is 9.97. The first-order valence-electron chi connectivity index (χ1n) is 8.60. The zero-order valence-electron chi connectivity index (χ0n) is 14.8. The van der Waals surface area contributed by atoms with Crippen LogP contribution < -0.4 is 5.32 Å². The number of anilines is 1. The fourth-order valence-corrected chi connectivity index (χ4v) is 5.23. The molecule has 1 amide bonds.